The van der Waals surface area contributed by atoms with Crippen molar-refractivity contribution in [1.29, 1.82) is 0 Å². The zero-order valence-corrected chi connectivity index (χ0v) is 9.50. The molecule has 0 aliphatic heterocycles. The number of rotatable bonds is 5. The van der Waals surface area contributed by atoms with E-state index in [1.54, 1.807) is 7.11 Å². The molecular formula is C10H20O4. The van der Waals surface area contributed by atoms with Crippen LogP contribution in [0.2, 0.25) is 0 Å². The molecule has 0 aliphatic rings. The van der Waals surface area contributed by atoms with Gasteiger partial charge in [-0.2, -0.15) is 0 Å². The lowest BCUT2D eigenvalue weighted by atomic mass is 9.81. The molecule has 4 heteroatoms. The minimum Gasteiger partial charge on any atom is -0.481 e. The first-order chi connectivity index (χ1) is 6.12. The van der Waals surface area contributed by atoms with E-state index in [4.69, 9.17) is 9.84 Å². The van der Waals surface area contributed by atoms with Crippen LogP contribution in [0.3, 0.4) is 0 Å². The van der Waals surface area contributed by atoms with Gasteiger partial charge in [-0.1, -0.05) is 0 Å². The highest BCUT2D eigenvalue weighted by atomic mass is 16.5. The van der Waals surface area contributed by atoms with Gasteiger partial charge in [0.2, 0.25) is 0 Å². The minimum absolute atomic E-state index is 0.282. The van der Waals surface area contributed by atoms with Crippen molar-refractivity contribution < 1.29 is 19.7 Å². The molecule has 0 aromatic heterocycles. The molecule has 0 amide bonds. The van der Waals surface area contributed by atoms with Crippen molar-refractivity contribution in [3.8, 4) is 0 Å². The van der Waals surface area contributed by atoms with Gasteiger partial charge in [-0.15, -0.1) is 0 Å². The Bertz CT molecular complexity index is 208. The number of ether oxygens (including phenoxy) is 1. The third kappa shape index (κ3) is 3.64. The van der Waals surface area contributed by atoms with Crippen molar-refractivity contribution in [3.05, 3.63) is 0 Å². The molecule has 0 fully saturated rings. The average molecular weight is 204 g/mol. The zero-order chi connectivity index (χ0) is 11.6. The normalized spacial score (nSPS) is 18.7. The van der Waals surface area contributed by atoms with Gasteiger partial charge < -0.3 is 14.9 Å². The molecule has 0 saturated heterocycles. The van der Waals surface area contributed by atoms with Gasteiger partial charge in [0.05, 0.1) is 17.1 Å². The second kappa shape index (κ2) is 4.28. The predicted octanol–water partition coefficient (Wildman–Crippen LogP) is 1.27. The van der Waals surface area contributed by atoms with E-state index in [2.05, 4.69) is 0 Å². The van der Waals surface area contributed by atoms with Crippen LogP contribution in [0.5, 0.6) is 0 Å². The summed E-state index contributed by atoms with van der Waals surface area (Å²) in [7, 11) is 1.54. The van der Waals surface area contributed by atoms with E-state index in [-0.39, 0.29) is 6.42 Å². The molecule has 2 N–H and O–H groups in total. The maximum absolute atomic E-state index is 10.7. The molecular weight excluding hydrogens is 184 g/mol. The van der Waals surface area contributed by atoms with E-state index in [0.29, 0.717) is 0 Å². The SMILES string of the molecule is COC(C)(C)CC(C)(O)C(C)C(=O)O. The van der Waals surface area contributed by atoms with E-state index >= 15 is 0 Å². The summed E-state index contributed by atoms with van der Waals surface area (Å²) in [6.07, 6.45) is 0.282. The number of hydrogen-bond acceptors (Lipinski definition) is 3. The summed E-state index contributed by atoms with van der Waals surface area (Å²) in [5.74, 6) is -1.81. The van der Waals surface area contributed by atoms with Gasteiger partial charge in [-0.3, -0.25) is 4.79 Å². The Morgan fingerprint density at radius 2 is 1.86 bits per heavy atom. The van der Waals surface area contributed by atoms with E-state index < -0.39 is 23.1 Å². The summed E-state index contributed by atoms with van der Waals surface area (Å²) < 4.78 is 5.15. The van der Waals surface area contributed by atoms with Crippen LogP contribution >= 0.6 is 0 Å². The van der Waals surface area contributed by atoms with Gasteiger partial charge in [-0.05, 0) is 27.7 Å². The molecule has 84 valence electrons. The first-order valence-corrected chi connectivity index (χ1v) is 4.63. The lowest BCUT2D eigenvalue weighted by Crippen LogP contribution is -2.44. The number of carboxylic acid groups (broad SMARTS) is 1. The van der Waals surface area contributed by atoms with Crippen LogP contribution in [0.4, 0.5) is 0 Å². The molecule has 0 aromatic carbocycles. The quantitative estimate of drug-likeness (QED) is 0.707. The predicted molar refractivity (Wildman–Crippen MR) is 53.1 cm³/mol. The van der Waals surface area contributed by atoms with Crippen molar-refractivity contribution >= 4 is 5.97 Å². The Morgan fingerprint density at radius 3 is 2.14 bits per heavy atom. The molecule has 0 bridgehead atoms. The van der Waals surface area contributed by atoms with Crippen molar-refractivity contribution in [2.45, 2.75) is 45.3 Å². The molecule has 2 unspecified atom stereocenters. The van der Waals surface area contributed by atoms with Crippen LogP contribution in [0.15, 0.2) is 0 Å². The van der Waals surface area contributed by atoms with E-state index in [9.17, 15) is 9.90 Å². The van der Waals surface area contributed by atoms with Gasteiger partial charge in [-0.25, -0.2) is 0 Å². The maximum Gasteiger partial charge on any atom is 0.309 e. The highest BCUT2D eigenvalue weighted by molar-refractivity contribution is 5.70. The van der Waals surface area contributed by atoms with Crippen LogP contribution in [-0.4, -0.2) is 34.5 Å². The number of methoxy groups -OCH3 is 1. The maximum atomic E-state index is 10.7. The smallest absolute Gasteiger partial charge is 0.309 e. The average Bonchev–Trinajstić information content (AvgIpc) is 2.01. The Labute approximate surface area is 84.9 Å². The zero-order valence-electron chi connectivity index (χ0n) is 9.50. The van der Waals surface area contributed by atoms with Gasteiger partial charge >= 0.3 is 5.97 Å². The highest BCUT2D eigenvalue weighted by Gasteiger charge is 2.38. The minimum atomic E-state index is -1.26. The summed E-state index contributed by atoms with van der Waals surface area (Å²) in [5, 5.41) is 18.7. The van der Waals surface area contributed by atoms with E-state index in [1.165, 1.54) is 13.8 Å². The molecule has 0 rings (SSSR count). The molecule has 0 spiro atoms. The van der Waals surface area contributed by atoms with Gasteiger partial charge in [0.1, 0.15) is 0 Å². The summed E-state index contributed by atoms with van der Waals surface area (Å²) in [5.41, 5.74) is -1.78. The summed E-state index contributed by atoms with van der Waals surface area (Å²) in [4.78, 5) is 10.7. The Kier molecular flexibility index (Phi) is 4.09. The lowest BCUT2D eigenvalue weighted by molar-refractivity contribution is -0.154. The van der Waals surface area contributed by atoms with Crippen molar-refractivity contribution in [2.75, 3.05) is 7.11 Å². The van der Waals surface area contributed by atoms with Gasteiger partial charge in [0, 0.05) is 13.5 Å². The summed E-state index contributed by atoms with van der Waals surface area (Å²) >= 11 is 0. The fourth-order valence-electron chi connectivity index (χ4n) is 1.35. The number of carboxylic acids is 1. The molecule has 0 aromatic rings. The second-order valence-corrected chi connectivity index (χ2v) is 4.56. The molecule has 0 heterocycles. The Morgan fingerprint density at radius 1 is 1.43 bits per heavy atom. The molecule has 14 heavy (non-hydrogen) atoms. The summed E-state index contributed by atoms with van der Waals surface area (Å²) in [6.45, 7) is 6.65. The monoisotopic (exact) mass is 204 g/mol. The Hall–Kier alpha value is -0.610. The van der Waals surface area contributed by atoms with Gasteiger partial charge in [0.15, 0.2) is 0 Å². The standard InChI is InChI=1S/C10H20O4/c1-7(8(11)12)10(4,13)6-9(2,3)14-5/h7,13H,6H2,1-5H3,(H,11,12). The Balaban J connectivity index is 4.56. The molecule has 0 saturated carbocycles. The highest BCUT2D eigenvalue weighted by Crippen LogP contribution is 2.29. The summed E-state index contributed by atoms with van der Waals surface area (Å²) in [6, 6.07) is 0. The number of carbonyl (C=O) groups is 1. The van der Waals surface area contributed by atoms with Crippen molar-refractivity contribution in [1.82, 2.24) is 0 Å². The molecule has 0 radical (unpaired) electrons. The molecule has 2 atom stereocenters. The van der Waals surface area contributed by atoms with Crippen LogP contribution in [0.25, 0.3) is 0 Å². The fourth-order valence-corrected chi connectivity index (χ4v) is 1.35. The largest absolute Gasteiger partial charge is 0.481 e. The van der Waals surface area contributed by atoms with Crippen molar-refractivity contribution in [2.24, 2.45) is 5.92 Å². The third-order valence-corrected chi connectivity index (χ3v) is 2.64. The molecule has 4 nitrogen and oxygen atoms in total. The fraction of sp³-hybridized carbons (Fsp3) is 0.900. The first kappa shape index (κ1) is 13.4. The number of aliphatic hydroxyl groups is 1. The van der Waals surface area contributed by atoms with Gasteiger partial charge in [0.25, 0.3) is 0 Å². The van der Waals surface area contributed by atoms with E-state index in [1.807, 2.05) is 13.8 Å². The molecule has 0 aliphatic carbocycles. The van der Waals surface area contributed by atoms with E-state index in [0.717, 1.165) is 0 Å². The van der Waals surface area contributed by atoms with Crippen LogP contribution in [0.1, 0.15) is 34.1 Å². The topological polar surface area (TPSA) is 66.8 Å². The number of aliphatic carboxylic acids is 1. The van der Waals surface area contributed by atoms with Crippen molar-refractivity contribution in [3.63, 3.8) is 0 Å². The third-order valence-electron chi connectivity index (χ3n) is 2.64. The van der Waals surface area contributed by atoms with Crippen LogP contribution in [-0.2, 0) is 9.53 Å². The number of hydrogen-bond donors (Lipinski definition) is 2. The second-order valence-electron chi connectivity index (χ2n) is 4.56. The lowest BCUT2D eigenvalue weighted by Gasteiger charge is -2.35. The first-order valence-electron chi connectivity index (χ1n) is 4.63. The van der Waals surface area contributed by atoms with Crippen LogP contribution < -0.4 is 0 Å². The van der Waals surface area contributed by atoms with Crippen LogP contribution in [0, 0.1) is 5.92 Å².